The molecule has 1 amide bonds. The van der Waals surface area contributed by atoms with Crippen molar-refractivity contribution in [2.45, 2.75) is 32.1 Å². The molecule has 0 bridgehead atoms. The molecule has 1 fully saturated rings. The average molecular weight is 436 g/mol. The molecule has 162 valence electrons. The Balaban J connectivity index is 1.59. The third-order valence-corrected chi connectivity index (χ3v) is 6.64. The first-order valence-electron chi connectivity index (χ1n) is 9.65. The van der Waals surface area contributed by atoms with E-state index < -0.39 is 28.5 Å². The van der Waals surface area contributed by atoms with Crippen LogP contribution in [0.3, 0.4) is 0 Å². The number of nitrogens with one attached hydrogen (secondary N) is 1. The summed E-state index contributed by atoms with van der Waals surface area (Å²) in [5.74, 6) is 0.0558. The number of sulfonamides is 1. The lowest BCUT2D eigenvalue weighted by molar-refractivity contribution is -0.119. The molecule has 0 aliphatic carbocycles. The summed E-state index contributed by atoms with van der Waals surface area (Å²) < 4.78 is 37.1. The molecule has 3 rings (SSSR count). The fourth-order valence-corrected chi connectivity index (χ4v) is 5.21. The number of aryl methyl sites for hydroxylation is 1. The van der Waals surface area contributed by atoms with Crippen molar-refractivity contribution in [2.75, 3.05) is 25.0 Å². The summed E-state index contributed by atoms with van der Waals surface area (Å²) in [6.45, 7) is 6.22. The normalized spacial score (nSPS) is 20.0. The van der Waals surface area contributed by atoms with E-state index in [0.717, 1.165) is 6.42 Å². The average Bonchev–Trinajstić information content (AvgIpc) is 3.10. The molecular formula is C20H25N3O6S. The Morgan fingerprint density at radius 3 is 2.40 bits per heavy atom. The highest BCUT2D eigenvalue weighted by Crippen LogP contribution is 2.26. The summed E-state index contributed by atoms with van der Waals surface area (Å²) in [7, 11) is -3.63. The number of hydrogen-bond donors (Lipinski definition) is 1. The predicted molar refractivity (Wildman–Crippen MR) is 108 cm³/mol. The topological polar surface area (TPSA) is 119 Å². The monoisotopic (exact) mass is 435 g/mol. The van der Waals surface area contributed by atoms with Crippen molar-refractivity contribution < 1.29 is 27.3 Å². The van der Waals surface area contributed by atoms with E-state index in [4.69, 9.17) is 9.26 Å². The van der Waals surface area contributed by atoms with Crippen LogP contribution in [0.15, 0.2) is 39.8 Å². The van der Waals surface area contributed by atoms with Crippen molar-refractivity contribution in [1.82, 2.24) is 9.46 Å². The minimum absolute atomic E-state index is 0.125. The van der Waals surface area contributed by atoms with E-state index in [1.165, 1.54) is 34.6 Å². The number of nitrogens with zero attached hydrogens (tertiary/aromatic N) is 2. The fraction of sp³-hybridized carbons (Fsp3) is 0.450. The summed E-state index contributed by atoms with van der Waals surface area (Å²) in [6.07, 6.45) is 1.00. The van der Waals surface area contributed by atoms with Crippen LogP contribution in [0.1, 0.15) is 36.4 Å². The van der Waals surface area contributed by atoms with Crippen molar-refractivity contribution in [2.24, 2.45) is 11.8 Å². The first kappa shape index (κ1) is 22.0. The Kier molecular flexibility index (Phi) is 6.57. The number of esters is 1. The van der Waals surface area contributed by atoms with E-state index in [-0.39, 0.29) is 16.3 Å². The second-order valence-electron chi connectivity index (χ2n) is 7.74. The smallest absolute Gasteiger partial charge is 0.338 e. The minimum Gasteiger partial charge on any atom is -0.452 e. The van der Waals surface area contributed by atoms with Gasteiger partial charge in [-0.2, -0.15) is 4.31 Å². The van der Waals surface area contributed by atoms with Crippen LogP contribution in [0.5, 0.6) is 0 Å². The molecule has 1 aromatic carbocycles. The molecule has 0 saturated carbocycles. The quantitative estimate of drug-likeness (QED) is 0.692. The van der Waals surface area contributed by atoms with Gasteiger partial charge in [0.1, 0.15) is 5.76 Å². The summed E-state index contributed by atoms with van der Waals surface area (Å²) in [6, 6.07) is 7.06. The van der Waals surface area contributed by atoms with Gasteiger partial charge in [-0.05, 0) is 49.4 Å². The van der Waals surface area contributed by atoms with Crippen molar-refractivity contribution in [3.05, 3.63) is 41.7 Å². The van der Waals surface area contributed by atoms with Crippen LogP contribution >= 0.6 is 0 Å². The van der Waals surface area contributed by atoms with Gasteiger partial charge in [-0.15, -0.1) is 0 Å². The minimum atomic E-state index is -3.63. The van der Waals surface area contributed by atoms with Crippen LogP contribution < -0.4 is 5.32 Å². The predicted octanol–water partition coefficient (Wildman–Crippen LogP) is 2.45. The number of piperidine rings is 1. The van der Waals surface area contributed by atoms with Gasteiger partial charge in [0.05, 0.1) is 10.5 Å². The van der Waals surface area contributed by atoms with E-state index in [1.54, 1.807) is 6.92 Å². The van der Waals surface area contributed by atoms with Gasteiger partial charge in [0.2, 0.25) is 10.0 Å². The molecule has 1 aliphatic rings. The first-order chi connectivity index (χ1) is 14.1. The maximum absolute atomic E-state index is 12.9. The van der Waals surface area contributed by atoms with Gasteiger partial charge in [-0.25, -0.2) is 13.2 Å². The lowest BCUT2D eigenvalue weighted by Gasteiger charge is -2.34. The Morgan fingerprint density at radius 1 is 1.20 bits per heavy atom. The summed E-state index contributed by atoms with van der Waals surface area (Å²) in [5, 5.41) is 6.05. The van der Waals surface area contributed by atoms with Gasteiger partial charge in [0.15, 0.2) is 12.4 Å². The zero-order valence-corrected chi connectivity index (χ0v) is 17.9. The van der Waals surface area contributed by atoms with Crippen LogP contribution in [-0.4, -0.2) is 49.5 Å². The van der Waals surface area contributed by atoms with Crippen LogP contribution in [0, 0.1) is 18.8 Å². The van der Waals surface area contributed by atoms with Crippen LogP contribution in [0.4, 0.5) is 5.82 Å². The summed E-state index contributed by atoms with van der Waals surface area (Å²) in [4.78, 5) is 24.1. The van der Waals surface area contributed by atoms with Gasteiger partial charge < -0.3 is 14.6 Å². The molecule has 1 aromatic heterocycles. The van der Waals surface area contributed by atoms with E-state index in [0.29, 0.717) is 30.7 Å². The number of anilines is 1. The third-order valence-electron chi connectivity index (χ3n) is 4.79. The Labute approximate surface area is 175 Å². The van der Waals surface area contributed by atoms with Crippen molar-refractivity contribution >= 4 is 27.7 Å². The van der Waals surface area contributed by atoms with E-state index >= 15 is 0 Å². The highest BCUT2D eigenvalue weighted by molar-refractivity contribution is 7.89. The standard InChI is InChI=1S/C20H25N3O6S/c1-13-8-14(2)11-23(10-13)30(26,27)17-6-4-16(5-7-17)20(25)28-12-19(24)21-18-9-15(3)29-22-18/h4-7,9,13-14H,8,10-12H2,1-3H3,(H,21,22,24)/t13-,14-/m1/s1. The van der Waals surface area contributed by atoms with Gasteiger partial charge in [0, 0.05) is 19.2 Å². The fourth-order valence-electron chi connectivity index (χ4n) is 3.53. The van der Waals surface area contributed by atoms with Gasteiger partial charge in [0.25, 0.3) is 5.91 Å². The molecule has 1 aliphatic heterocycles. The number of carbonyl (C=O) groups excluding carboxylic acids is 2. The number of rotatable bonds is 6. The zero-order chi connectivity index (χ0) is 21.9. The SMILES string of the molecule is Cc1cc(NC(=O)COC(=O)c2ccc(S(=O)(=O)N3C[C@H](C)C[C@@H](C)C3)cc2)no1. The zero-order valence-electron chi connectivity index (χ0n) is 17.1. The number of hydrogen-bond acceptors (Lipinski definition) is 7. The maximum atomic E-state index is 12.9. The lowest BCUT2D eigenvalue weighted by atomic mass is 9.94. The Hall–Kier alpha value is -2.72. The second kappa shape index (κ2) is 8.97. The molecule has 30 heavy (non-hydrogen) atoms. The molecule has 1 saturated heterocycles. The molecule has 1 N–H and O–H groups in total. The van der Waals surface area contributed by atoms with Gasteiger partial charge in [-0.1, -0.05) is 19.0 Å². The van der Waals surface area contributed by atoms with Crippen molar-refractivity contribution in [3.8, 4) is 0 Å². The molecule has 9 nitrogen and oxygen atoms in total. The molecule has 0 unspecified atom stereocenters. The number of benzene rings is 1. The molecule has 2 aromatic rings. The van der Waals surface area contributed by atoms with Crippen molar-refractivity contribution in [1.29, 1.82) is 0 Å². The largest absolute Gasteiger partial charge is 0.452 e. The highest BCUT2D eigenvalue weighted by atomic mass is 32.2. The Bertz CT molecular complexity index is 1010. The summed E-state index contributed by atoms with van der Waals surface area (Å²) >= 11 is 0. The highest BCUT2D eigenvalue weighted by Gasteiger charge is 2.31. The van der Waals surface area contributed by atoms with Crippen LogP contribution in [-0.2, 0) is 19.6 Å². The molecule has 2 atom stereocenters. The molecular weight excluding hydrogens is 410 g/mol. The van der Waals surface area contributed by atoms with Crippen LogP contribution in [0.25, 0.3) is 0 Å². The molecule has 10 heteroatoms. The van der Waals surface area contributed by atoms with E-state index in [1.807, 2.05) is 13.8 Å². The third kappa shape index (κ3) is 5.25. The maximum Gasteiger partial charge on any atom is 0.338 e. The molecule has 0 spiro atoms. The molecule has 0 radical (unpaired) electrons. The first-order valence-corrected chi connectivity index (χ1v) is 11.1. The van der Waals surface area contributed by atoms with Gasteiger partial charge >= 0.3 is 5.97 Å². The number of aromatic nitrogens is 1. The van der Waals surface area contributed by atoms with Crippen molar-refractivity contribution in [3.63, 3.8) is 0 Å². The van der Waals surface area contributed by atoms with Crippen LogP contribution in [0.2, 0.25) is 0 Å². The van der Waals surface area contributed by atoms with E-state index in [9.17, 15) is 18.0 Å². The van der Waals surface area contributed by atoms with E-state index in [2.05, 4.69) is 10.5 Å². The number of amides is 1. The number of ether oxygens (including phenoxy) is 1. The Morgan fingerprint density at radius 2 is 1.83 bits per heavy atom. The second-order valence-corrected chi connectivity index (χ2v) is 9.68. The summed E-state index contributed by atoms with van der Waals surface area (Å²) in [5.41, 5.74) is 0.152. The van der Waals surface area contributed by atoms with Gasteiger partial charge in [-0.3, -0.25) is 4.79 Å². The lowest BCUT2D eigenvalue weighted by Crippen LogP contribution is -2.42. The molecule has 2 heterocycles. The number of carbonyl (C=O) groups is 2.